The Morgan fingerprint density at radius 1 is 0.862 bits per heavy atom. The van der Waals surface area contributed by atoms with Gasteiger partial charge in [-0.3, -0.25) is 4.79 Å². The van der Waals surface area contributed by atoms with Gasteiger partial charge in [-0.15, -0.1) is 0 Å². The maximum absolute atomic E-state index is 12.1. The van der Waals surface area contributed by atoms with E-state index in [1.54, 1.807) is 79.9 Å². The molecule has 6 nitrogen and oxygen atoms in total. The van der Waals surface area contributed by atoms with E-state index in [0.29, 0.717) is 22.6 Å². The molecule has 0 aromatic heterocycles. The van der Waals surface area contributed by atoms with Crippen molar-refractivity contribution in [2.45, 2.75) is 0 Å². The first-order valence-electron chi connectivity index (χ1n) is 8.60. The van der Waals surface area contributed by atoms with Crippen molar-refractivity contribution in [2.24, 2.45) is 5.10 Å². The van der Waals surface area contributed by atoms with Crippen molar-refractivity contribution in [3.8, 4) is 11.5 Å². The van der Waals surface area contributed by atoms with Crippen molar-refractivity contribution < 1.29 is 19.1 Å². The molecule has 0 saturated heterocycles. The van der Waals surface area contributed by atoms with Gasteiger partial charge in [0.15, 0.2) is 0 Å². The molecule has 0 atom stereocenters. The minimum absolute atomic E-state index is 0.330. The first-order chi connectivity index (χ1) is 14.0. The predicted octanol–water partition coefficient (Wildman–Crippen LogP) is 4.44. The van der Waals surface area contributed by atoms with Crippen LogP contribution in [0.4, 0.5) is 0 Å². The van der Waals surface area contributed by atoms with E-state index < -0.39 is 5.97 Å². The van der Waals surface area contributed by atoms with Gasteiger partial charge in [-0.2, -0.15) is 5.10 Å². The van der Waals surface area contributed by atoms with E-state index in [2.05, 4.69) is 26.5 Å². The second-order valence-electron chi connectivity index (χ2n) is 5.89. The average Bonchev–Trinajstić information content (AvgIpc) is 2.75. The summed E-state index contributed by atoms with van der Waals surface area (Å²) in [7, 11) is 1.56. The van der Waals surface area contributed by atoms with Crippen LogP contribution in [0.15, 0.2) is 82.4 Å². The number of methoxy groups -OCH3 is 1. The first-order valence-corrected chi connectivity index (χ1v) is 9.40. The SMILES string of the molecule is COc1ccc(C(=O)N/N=C\c2ccc(OC(=O)c3ccc(Br)cc3)cc2)cc1. The molecule has 0 unspecified atom stereocenters. The van der Waals surface area contributed by atoms with Crippen LogP contribution in [0.5, 0.6) is 11.5 Å². The molecule has 0 bridgehead atoms. The van der Waals surface area contributed by atoms with Crippen molar-refractivity contribution in [1.29, 1.82) is 0 Å². The highest BCUT2D eigenvalue weighted by molar-refractivity contribution is 9.10. The van der Waals surface area contributed by atoms with Crippen LogP contribution in [0.25, 0.3) is 0 Å². The Kier molecular flexibility index (Phi) is 6.76. The van der Waals surface area contributed by atoms with Crippen molar-refractivity contribution in [3.05, 3.63) is 94.0 Å². The zero-order valence-corrected chi connectivity index (χ0v) is 17.0. The lowest BCUT2D eigenvalue weighted by Gasteiger charge is -2.05. The van der Waals surface area contributed by atoms with Gasteiger partial charge in [-0.25, -0.2) is 10.2 Å². The fourth-order valence-corrected chi connectivity index (χ4v) is 2.61. The lowest BCUT2D eigenvalue weighted by atomic mass is 10.2. The molecule has 1 N–H and O–H groups in total. The number of nitrogens with zero attached hydrogens (tertiary/aromatic N) is 1. The number of hydrazone groups is 1. The second-order valence-corrected chi connectivity index (χ2v) is 6.81. The van der Waals surface area contributed by atoms with Gasteiger partial charge in [-0.05, 0) is 78.4 Å². The molecular weight excluding hydrogens is 436 g/mol. The molecule has 0 aliphatic rings. The van der Waals surface area contributed by atoms with E-state index >= 15 is 0 Å². The molecule has 1 amide bonds. The Balaban J connectivity index is 1.54. The molecule has 29 heavy (non-hydrogen) atoms. The number of hydrogen-bond acceptors (Lipinski definition) is 5. The Labute approximate surface area is 176 Å². The van der Waals surface area contributed by atoms with Gasteiger partial charge in [-0.1, -0.05) is 15.9 Å². The summed E-state index contributed by atoms with van der Waals surface area (Å²) in [6, 6.07) is 20.4. The number of carbonyl (C=O) groups excluding carboxylic acids is 2. The van der Waals surface area contributed by atoms with Crippen LogP contribution in [-0.2, 0) is 0 Å². The van der Waals surface area contributed by atoms with Gasteiger partial charge in [0.1, 0.15) is 11.5 Å². The van der Waals surface area contributed by atoms with Gasteiger partial charge in [0.2, 0.25) is 0 Å². The summed E-state index contributed by atoms with van der Waals surface area (Å²) in [5.41, 5.74) is 4.13. The summed E-state index contributed by atoms with van der Waals surface area (Å²) in [6.07, 6.45) is 1.50. The quantitative estimate of drug-likeness (QED) is 0.259. The Morgan fingerprint density at radius 3 is 2.07 bits per heavy atom. The van der Waals surface area contributed by atoms with Crippen molar-refractivity contribution >= 4 is 34.0 Å². The molecule has 0 aliphatic carbocycles. The Hall–Kier alpha value is -3.45. The minimum Gasteiger partial charge on any atom is -0.497 e. The van der Waals surface area contributed by atoms with Crippen LogP contribution < -0.4 is 14.9 Å². The standard InChI is InChI=1S/C22H17BrN2O4/c1-28-19-12-6-16(7-13-19)21(26)25-24-14-15-2-10-20(11-3-15)29-22(27)17-4-8-18(23)9-5-17/h2-14H,1H3,(H,25,26)/b24-14-. The number of amides is 1. The zero-order valence-electron chi connectivity index (χ0n) is 15.5. The summed E-state index contributed by atoms with van der Waals surface area (Å²) in [6.45, 7) is 0. The molecular formula is C22H17BrN2O4. The van der Waals surface area contributed by atoms with E-state index in [0.717, 1.165) is 10.0 Å². The minimum atomic E-state index is -0.439. The van der Waals surface area contributed by atoms with Crippen molar-refractivity contribution in [1.82, 2.24) is 5.43 Å². The molecule has 0 aliphatic heterocycles. The van der Waals surface area contributed by atoms with E-state index in [-0.39, 0.29) is 5.91 Å². The van der Waals surface area contributed by atoms with E-state index in [4.69, 9.17) is 9.47 Å². The van der Waals surface area contributed by atoms with Crippen molar-refractivity contribution in [2.75, 3.05) is 7.11 Å². The topological polar surface area (TPSA) is 77.0 Å². The maximum Gasteiger partial charge on any atom is 0.343 e. The molecule has 7 heteroatoms. The van der Waals surface area contributed by atoms with Crippen LogP contribution in [0.3, 0.4) is 0 Å². The van der Waals surface area contributed by atoms with Crippen LogP contribution in [0.1, 0.15) is 26.3 Å². The molecule has 3 aromatic rings. The number of rotatable bonds is 6. The molecule has 0 saturated carbocycles. The van der Waals surface area contributed by atoms with E-state index in [9.17, 15) is 9.59 Å². The molecule has 3 rings (SSSR count). The molecule has 0 heterocycles. The van der Waals surface area contributed by atoms with Gasteiger partial charge in [0.25, 0.3) is 5.91 Å². The molecule has 0 radical (unpaired) electrons. The fourth-order valence-electron chi connectivity index (χ4n) is 2.35. The highest BCUT2D eigenvalue weighted by Gasteiger charge is 2.08. The Bertz CT molecular complexity index is 1010. The van der Waals surface area contributed by atoms with Crippen LogP contribution in [0, 0.1) is 0 Å². The maximum atomic E-state index is 12.1. The van der Waals surface area contributed by atoms with Gasteiger partial charge < -0.3 is 9.47 Å². The Morgan fingerprint density at radius 2 is 1.45 bits per heavy atom. The number of hydrogen-bond donors (Lipinski definition) is 1. The fraction of sp³-hybridized carbons (Fsp3) is 0.0455. The smallest absolute Gasteiger partial charge is 0.343 e. The summed E-state index contributed by atoms with van der Waals surface area (Å²) >= 11 is 3.32. The number of esters is 1. The van der Waals surface area contributed by atoms with Gasteiger partial charge in [0.05, 0.1) is 18.9 Å². The van der Waals surface area contributed by atoms with Crippen LogP contribution in [0.2, 0.25) is 0 Å². The molecule has 0 spiro atoms. The largest absolute Gasteiger partial charge is 0.497 e. The normalized spacial score (nSPS) is 10.6. The summed E-state index contributed by atoms with van der Waals surface area (Å²) in [5, 5.41) is 3.94. The molecule has 146 valence electrons. The molecule has 0 fully saturated rings. The summed E-state index contributed by atoms with van der Waals surface area (Å²) in [5.74, 6) is 0.318. The summed E-state index contributed by atoms with van der Waals surface area (Å²) in [4.78, 5) is 24.2. The number of nitrogens with one attached hydrogen (secondary N) is 1. The van der Waals surface area contributed by atoms with Crippen LogP contribution >= 0.6 is 15.9 Å². The van der Waals surface area contributed by atoms with E-state index in [1.165, 1.54) is 6.21 Å². The first kappa shape index (κ1) is 20.3. The third-order valence-corrected chi connectivity index (χ3v) is 4.43. The van der Waals surface area contributed by atoms with Gasteiger partial charge >= 0.3 is 5.97 Å². The zero-order chi connectivity index (χ0) is 20.6. The number of ether oxygens (including phenoxy) is 2. The van der Waals surface area contributed by atoms with Gasteiger partial charge in [0, 0.05) is 10.0 Å². The number of halogens is 1. The highest BCUT2D eigenvalue weighted by atomic mass is 79.9. The third kappa shape index (κ3) is 5.76. The predicted molar refractivity (Wildman–Crippen MR) is 114 cm³/mol. The third-order valence-electron chi connectivity index (χ3n) is 3.90. The average molecular weight is 453 g/mol. The van der Waals surface area contributed by atoms with Crippen LogP contribution in [-0.4, -0.2) is 25.2 Å². The van der Waals surface area contributed by atoms with Crippen molar-refractivity contribution in [3.63, 3.8) is 0 Å². The molecule has 3 aromatic carbocycles. The highest BCUT2D eigenvalue weighted by Crippen LogP contribution is 2.16. The summed E-state index contributed by atoms with van der Waals surface area (Å²) < 4.78 is 11.3. The monoisotopic (exact) mass is 452 g/mol. The number of carbonyl (C=O) groups is 2. The van der Waals surface area contributed by atoms with E-state index in [1.807, 2.05) is 0 Å². The lowest BCUT2D eigenvalue weighted by Crippen LogP contribution is -2.17. The second kappa shape index (κ2) is 9.66. The number of benzene rings is 3. The lowest BCUT2D eigenvalue weighted by molar-refractivity contribution is 0.0734.